The molecule has 0 bridgehead atoms. The number of hydrogen-bond donors (Lipinski definition) is 5. The van der Waals surface area contributed by atoms with Crippen LogP contribution in [-0.2, 0) is 35.1 Å². The molecule has 13 rings (SSSR count). The fraction of sp³-hybridized carbons (Fsp3) is 0.397. The van der Waals surface area contributed by atoms with Gasteiger partial charge in [-0.15, -0.1) is 5.76 Å². The quantitative estimate of drug-likeness (QED) is 0.0945. The van der Waals surface area contributed by atoms with Crippen LogP contribution in [0.2, 0.25) is 0 Å². The molecule has 0 radical (unpaired) electrons. The normalized spacial score (nSPS) is 22.7. The highest BCUT2D eigenvalue weighted by Crippen LogP contribution is 2.51. The summed E-state index contributed by atoms with van der Waals surface area (Å²) in [6.07, 6.45) is 7.25. The largest absolute Gasteiger partial charge is 0.874 e. The van der Waals surface area contributed by atoms with Crippen LogP contribution in [0.1, 0.15) is 150 Å². The summed E-state index contributed by atoms with van der Waals surface area (Å²) in [5.41, 5.74) is 6.34. The second-order valence-corrected chi connectivity index (χ2v) is 32.1. The third kappa shape index (κ3) is 9.70. The molecule has 0 aromatic heterocycles. The molecule has 6 aromatic rings. The summed E-state index contributed by atoms with van der Waals surface area (Å²) in [6.45, 7) is 32.9. The van der Waals surface area contributed by atoms with Gasteiger partial charge in [0.05, 0.1) is 55.4 Å². The maximum Gasteiger partial charge on any atom is 0.235 e. The average Bonchev–Trinajstić information content (AvgIpc) is 1.62. The third-order valence-corrected chi connectivity index (χ3v) is 21.7. The van der Waals surface area contributed by atoms with Crippen molar-refractivity contribution in [2.75, 3.05) is 34.9 Å². The Balaban J connectivity index is 0.988. The maximum atomic E-state index is 15.6. The van der Waals surface area contributed by atoms with Crippen LogP contribution >= 0.6 is 0 Å². The van der Waals surface area contributed by atoms with Crippen molar-refractivity contribution in [3.05, 3.63) is 180 Å². The highest BCUT2D eigenvalue weighted by atomic mass is 32.2. The van der Waals surface area contributed by atoms with E-state index in [1.165, 1.54) is 6.26 Å². The lowest BCUT2D eigenvalue weighted by molar-refractivity contribution is -0.786. The predicted octanol–water partition coefficient (Wildman–Crippen LogP) is 4.77. The second kappa shape index (κ2) is 21.8. The molecule has 482 valence electrons. The Morgan fingerprint density at radius 2 is 1.14 bits per heavy atom. The van der Waals surface area contributed by atoms with Crippen LogP contribution in [0, 0.1) is 36.5 Å². The molecule has 0 saturated heterocycles. The number of likely N-dealkylation sites (N-methyl/N-ethyl adjacent to an activating group) is 2. The molecule has 5 N–H and O–H groups in total. The first-order chi connectivity index (χ1) is 43.8. The van der Waals surface area contributed by atoms with Crippen LogP contribution in [0.4, 0.5) is 22.7 Å². The number of fused-ring (bicyclic) bond motifs is 2. The molecule has 4 heterocycles. The minimum Gasteiger partial charge on any atom is -0.874 e. The van der Waals surface area contributed by atoms with Gasteiger partial charge in [0.1, 0.15) is 11.4 Å². The molecule has 0 saturated carbocycles. The standard InChI is InChI=1S/C78H86N6O8S/c1-17-83-55-29-19-43(11)31-53(55)75(12,13)57(83)33-51-69(85)61(70(51)86)47-25-20-44-22-27-49(67-59(44)65(47)79-77(81-67,35-39(3)4)36-40(5)6)63-73(89)64(74(63)90)50-28-23-45-21-26-48(66-60(45)68(50)82-78(80-66,37-41(7)8)38-42(9)10)62-71(87)52(72(62)88)34-58-76(14,15)54-32-46(93(16,91)92)24-30-56(54)84(58)18-2/h19-34,39-42,51,79,82,85,87,89H,17-18,35-38H2,1-16H3/b57-33-,58-34-,62-48-,63-49-. The van der Waals surface area contributed by atoms with E-state index in [2.05, 4.69) is 127 Å². The van der Waals surface area contributed by atoms with E-state index in [4.69, 9.17) is 0 Å². The van der Waals surface area contributed by atoms with Gasteiger partial charge in [0.25, 0.3) is 0 Å². The molecule has 2 unspecified atom stereocenters. The SMILES string of the molecule is CCN1/C(=C\C2C(=O)C(c3ccc4cc/c(=C5/C(=O)C(c6ccc7cc/c(=C8/C(=O)C(/C=C9\[NH+](CC)c%10ccc(S(C)(=O)=O)cc%10C9(C)C)=C8[O-])c8c7c6NC(CC(C)C)(CC(C)C)[NH+]=8)=C5[O-])c5c4c3NC(CC(C)C)(CC(C)C)[NH+]=5)=C2[O-])C(C)(C)c2cc(C)ccc21. The van der Waals surface area contributed by atoms with Crippen molar-refractivity contribution in [2.45, 2.75) is 157 Å². The van der Waals surface area contributed by atoms with Gasteiger partial charge in [-0.05, 0) is 111 Å². The zero-order valence-corrected chi connectivity index (χ0v) is 57.3. The molecule has 3 aliphatic carbocycles. The van der Waals surface area contributed by atoms with E-state index in [0.717, 1.165) is 55.1 Å². The fourth-order valence-corrected chi connectivity index (χ4v) is 17.6. The molecule has 7 aliphatic rings. The summed E-state index contributed by atoms with van der Waals surface area (Å²) in [5, 5.41) is 58.1. The van der Waals surface area contributed by atoms with E-state index in [1.54, 1.807) is 18.2 Å². The van der Waals surface area contributed by atoms with Gasteiger partial charge in [0, 0.05) is 112 Å². The number of benzene rings is 6. The van der Waals surface area contributed by atoms with E-state index in [1.807, 2.05) is 81.4 Å². The molecule has 4 aliphatic heterocycles. The van der Waals surface area contributed by atoms with Crippen molar-refractivity contribution in [3.8, 4) is 0 Å². The van der Waals surface area contributed by atoms with Crippen LogP contribution in [-0.4, -0.2) is 56.4 Å². The highest BCUT2D eigenvalue weighted by Gasteiger charge is 2.50. The number of allylic oxidation sites excluding steroid dienone is 9. The molecule has 14 nitrogen and oxygen atoms in total. The van der Waals surface area contributed by atoms with Crippen molar-refractivity contribution < 1.29 is 53.0 Å². The topological polar surface area (TPSA) is 214 Å². The first kappa shape index (κ1) is 63.4. The Kier molecular flexibility index (Phi) is 14.9. The molecule has 93 heavy (non-hydrogen) atoms. The van der Waals surface area contributed by atoms with Crippen molar-refractivity contribution in [1.29, 1.82) is 0 Å². The van der Waals surface area contributed by atoms with Gasteiger partial charge in [0.15, 0.2) is 27.2 Å². The van der Waals surface area contributed by atoms with Gasteiger partial charge in [-0.3, -0.25) is 19.3 Å². The summed E-state index contributed by atoms with van der Waals surface area (Å²) in [5.74, 6) is -2.49. The highest BCUT2D eigenvalue weighted by molar-refractivity contribution is 7.90. The van der Waals surface area contributed by atoms with Crippen LogP contribution in [0.25, 0.3) is 43.8 Å². The molecular formula is C78H86N6O8S. The maximum absolute atomic E-state index is 15.6. The summed E-state index contributed by atoms with van der Waals surface area (Å²) < 4.78 is 25.4. The number of carbonyl (C=O) groups is 3. The van der Waals surface area contributed by atoms with Crippen LogP contribution in [0.3, 0.4) is 0 Å². The van der Waals surface area contributed by atoms with Gasteiger partial charge >= 0.3 is 0 Å². The van der Waals surface area contributed by atoms with E-state index < -0.39 is 61.0 Å². The number of ketones is 3. The van der Waals surface area contributed by atoms with Gasteiger partial charge in [-0.25, -0.2) is 18.4 Å². The molecule has 6 aromatic carbocycles. The second-order valence-electron chi connectivity index (χ2n) is 30.1. The monoisotopic (exact) mass is 1270 g/mol. The minimum atomic E-state index is -3.51. The summed E-state index contributed by atoms with van der Waals surface area (Å²) >= 11 is 0. The Hall–Kier alpha value is -8.40. The number of nitrogens with one attached hydrogen (secondary N) is 5. The zero-order chi connectivity index (χ0) is 66.8. The smallest absolute Gasteiger partial charge is 0.235 e. The molecule has 0 amide bonds. The van der Waals surface area contributed by atoms with Crippen molar-refractivity contribution in [1.82, 2.24) is 0 Å². The van der Waals surface area contributed by atoms with Crippen LogP contribution in [0.15, 0.2) is 136 Å². The number of rotatable bonds is 15. The first-order valence-electron chi connectivity index (χ1n) is 33.3. The number of sulfone groups is 1. The molecular weight excluding hydrogens is 1180 g/mol. The number of nitrogens with zero attached hydrogens (tertiary/aromatic N) is 1. The van der Waals surface area contributed by atoms with Crippen LogP contribution in [0.5, 0.6) is 0 Å². The predicted molar refractivity (Wildman–Crippen MR) is 360 cm³/mol. The summed E-state index contributed by atoms with van der Waals surface area (Å²) in [4.78, 5) is 56.5. The number of anilines is 3. The van der Waals surface area contributed by atoms with Crippen molar-refractivity contribution in [3.63, 3.8) is 0 Å². The van der Waals surface area contributed by atoms with Gasteiger partial charge < -0.3 is 30.9 Å². The Morgan fingerprint density at radius 3 is 1.61 bits per heavy atom. The first-order valence-corrected chi connectivity index (χ1v) is 35.2. The van der Waals surface area contributed by atoms with E-state index in [9.17, 15) is 28.2 Å². The Bertz CT molecular complexity index is 4940. The number of aryl methyl sites for hydroxylation is 1. The Labute approximate surface area is 545 Å². The minimum absolute atomic E-state index is 0.0191. The van der Waals surface area contributed by atoms with E-state index >= 15 is 9.90 Å². The lowest BCUT2D eigenvalue weighted by atomic mass is 9.74. The Morgan fingerprint density at radius 1 is 0.624 bits per heavy atom. The van der Waals surface area contributed by atoms with E-state index in [0.29, 0.717) is 93.2 Å². The molecule has 0 fully saturated rings. The average molecular weight is 1270 g/mol. The summed E-state index contributed by atoms with van der Waals surface area (Å²) in [6, 6.07) is 26.5. The summed E-state index contributed by atoms with van der Waals surface area (Å²) in [7, 11) is -3.51. The third-order valence-electron chi connectivity index (χ3n) is 20.6. The fourth-order valence-electron chi connectivity index (χ4n) is 16.9. The van der Waals surface area contributed by atoms with Crippen molar-refractivity contribution >= 4 is 93.8 Å². The van der Waals surface area contributed by atoms with Crippen molar-refractivity contribution in [2.24, 2.45) is 29.6 Å². The van der Waals surface area contributed by atoms with Crippen LogP contribution < -0.4 is 66.9 Å². The molecule has 15 heteroatoms. The van der Waals surface area contributed by atoms with Gasteiger partial charge in [-0.2, -0.15) is 0 Å². The number of Topliss-reactive ketones (excluding diaryl/α,β-unsaturated/α-hetero) is 3. The number of carbonyl (C=O) groups excluding carboxylic acids is 3. The zero-order valence-electron chi connectivity index (χ0n) is 56.5. The molecule has 2 atom stereocenters. The lowest BCUT2D eigenvalue weighted by Gasteiger charge is -2.39. The van der Waals surface area contributed by atoms with E-state index in [-0.39, 0.29) is 68.0 Å². The van der Waals surface area contributed by atoms with Gasteiger partial charge in [-0.1, -0.05) is 135 Å². The number of hydrogen-bond acceptors (Lipinski definition) is 11. The number of quaternary nitrogens is 1. The lowest BCUT2D eigenvalue weighted by Crippen LogP contribution is -3.04. The van der Waals surface area contributed by atoms with Gasteiger partial charge in [0.2, 0.25) is 22.0 Å². The molecule has 0 spiro atoms.